The number of hydrogen-bond donors (Lipinski definition) is 1. The van der Waals surface area contributed by atoms with Crippen LogP contribution in [-0.2, 0) is 14.8 Å². The van der Waals surface area contributed by atoms with Gasteiger partial charge in [0.15, 0.2) is 11.6 Å². The number of carboxylic acids is 1. The molecule has 2 saturated heterocycles. The van der Waals surface area contributed by atoms with Crippen molar-refractivity contribution in [3.05, 3.63) is 24.0 Å². The summed E-state index contributed by atoms with van der Waals surface area (Å²) in [5.41, 5.74) is 0. The third-order valence-corrected chi connectivity index (χ3v) is 6.46. The van der Waals surface area contributed by atoms with Crippen LogP contribution in [0.2, 0.25) is 0 Å². The molecule has 0 aromatic heterocycles. The molecule has 2 fully saturated rings. The smallest absolute Gasteiger partial charge is 0.387 e. The molecule has 2 aliphatic rings. The minimum atomic E-state index is -4.12. The maximum absolute atomic E-state index is 13.8. The number of hydrogen-bond acceptors (Lipinski definition) is 4. The summed E-state index contributed by atoms with van der Waals surface area (Å²) in [7, 11) is -4.12. The lowest BCUT2D eigenvalue weighted by Gasteiger charge is -2.22. The van der Waals surface area contributed by atoms with Crippen molar-refractivity contribution in [3.63, 3.8) is 0 Å². The van der Waals surface area contributed by atoms with E-state index in [-0.39, 0.29) is 6.42 Å². The van der Waals surface area contributed by atoms with Crippen molar-refractivity contribution in [2.45, 2.75) is 42.9 Å². The molecule has 1 aromatic carbocycles. The second kappa shape index (κ2) is 5.92. The molecule has 0 radical (unpaired) electrons. The first-order valence-electron chi connectivity index (χ1n) is 7.22. The van der Waals surface area contributed by atoms with Crippen LogP contribution in [0.4, 0.5) is 13.2 Å². The van der Waals surface area contributed by atoms with Gasteiger partial charge in [0, 0.05) is 12.1 Å². The lowest BCUT2D eigenvalue weighted by Crippen LogP contribution is -2.37. The fourth-order valence-electron chi connectivity index (χ4n) is 3.53. The number of halogens is 3. The number of ether oxygens (including phenoxy) is 1. The molecule has 2 heterocycles. The van der Waals surface area contributed by atoms with Gasteiger partial charge in [0.25, 0.3) is 0 Å². The average Bonchev–Trinajstić information content (AvgIpc) is 3.07. The van der Waals surface area contributed by atoms with Gasteiger partial charge in [-0.2, -0.15) is 13.1 Å². The van der Waals surface area contributed by atoms with Crippen LogP contribution in [-0.4, -0.2) is 42.5 Å². The summed E-state index contributed by atoms with van der Waals surface area (Å²) < 4.78 is 68.6. The number of sulfonamides is 1. The van der Waals surface area contributed by atoms with Crippen molar-refractivity contribution in [3.8, 4) is 5.75 Å². The van der Waals surface area contributed by atoms with Gasteiger partial charge in [-0.15, -0.1) is 0 Å². The highest BCUT2D eigenvalue weighted by Crippen LogP contribution is 2.45. The molecule has 2 aliphatic heterocycles. The molecule has 0 saturated carbocycles. The molecule has 0 aliphatic carbocycles. The van der Waals surface area contributed by atoms with Gasteiger partial charge in [-0.25, -0.2) is 12.8 Å². The van der Waals surface area contributed by atoms with Crippen molar-refractivity contribution in [2.75, 3.05) is 0 Å². The van der Waals surface area contributed by atoms with E-state index in [4.69, 9.17) is 0 Å². The standard InChI is InChI=1S/C14H14F3NO5S/c15-10-6-8(2-4-12(10)23-14(16)17)24(21,22)18-7-1-3-11(18)9(5-7)13(19)20/h2,4,6-7,9,11,14H,1,3,5H2,(H,19,20). The Balaban J connectivity index is 1.92. The Labute approximate surface area is 135 Å². The molecule has 3 unspecified atom stereocenters. The van der Waals surface area contributed by atoms with E-state index in [9.17, 15) is 31.5 Å². The van der Waals surface area contributed by atoms with Crippen LogP contribution in [0.5, 0.6) is 5.75 Å². The van der Waals surface area contributed by atoms with Gasteiger partial charge < -0.3 is 9.84 Å². The van der Waals surface area contributed by atoms with Crippen LogP contribution < -0.4 is 4.74 Å². The molecule has 132 valence electrons. The van der Waals surface area contributed by atoms with Crippen molar-refractivity contribution >= 4 is 16.0 Å². The SMILES string of the molecule is O=C(O)C1CC2CCC1N2S(=O)(=O)c1ccc(OC(F)F)c(F)c1. The maximum Gasteiger partial charge on any atom is 0.387 e. The Morgan fingerprint density at radius 3 is 2.58 bits per heavy atom. The Morgan fingerprint density at radius 1 is 1.33 bits per heavy atom. The van der Waals surface area contributed by atoms with Gasteiger partial charge in [-0.1, -0.05) is 0 Å². The fourth-order valence-corrected chi connectivity index (χ4v) is 5.46. The highest BCUT2D eigenvalue weighted by molar-refractivity contribution is 7.89. The van der Waals surface area contributed by atoms with E-state index in [1.54, 1.807) is 0 Å². The number of fused-ring (bicyclic) bond motifs is 2. The number of aliphatic carboxylic acids is 1. The zero-order valence-corrected chi connectivity index (χ0v) is 13.0. The molecule has 3 rings (SSSR count). The van der Waals surface area contributed by atoms with E-state index in [0.717, 1.165) is 16.4 Å². The first-order valence-corrected chi connectivity index (χ1v) is 8.66. The highest BCUT2D eigenvalue weighted by Gasteiger charge is 2.54. The second-order valence-electron chi connectivity index (χ2n) is 5.78. The van der Waals surface area contributed by atoms with Crippen molar-refractivity contribution in [2.24, 2.45) is 5.92 Å². The number of rotatable bonds is 5. The summed E-state index contributed by atoms with van der Waals surface area (Å²) in [5, 5.41) is 9.18. The molecule has 24 heavy (non-hydrogen) atoms. The predicted molar refractivity (Wildman–Crippen MR) is 74.6 cm³/mol. The monoisotopic (exact) mass is 365 g/mol. The number of carbonyl (C=O) groups is 1. The number of carboxylic acid groups (broad SMARTS) is 1. The molecule has 1 N–H and O–H groups in total. The molecule has 1 aromatic rings. The van der Waals surface area contributed by atoms with Gasteiger partial charge >= 0.3 is 12.6 Å². The van der Waals surface area contributed by atoms with Gasteiger partial charge in [0.05, 0.1) is 10.8 Å². The normalized spacial score (nSPS) is 26.9. The minimum absolute atomic E-state index is 0.217. The van der Waals surface area contributed by atoms with Crippen molar-refractivity contribution in [1.82, 2.24) is 4.31 Å². The van der Waals surface area contributed by atoms with E-state index in [2.05, 4.69) is 4.74 Å². The number of alkyl halides is 2. The van der Waals surface area contributed by atoms with Gasteiger partial charge in [-0.05, 0) is 37.5 Å². The van der Waals surface area contributed by atoms with Crippen LogP contribution >= 0.6 is 0 Å². The molecule has 10 heteroatoms. The molecule has 0 spiro atoms. The van der Waals surface area contributed by atoms with E-state index < -0.39 is 57.1 Å². The van der Waals surface area contributed by atoms with Gasteiger partial charge in [0.1, 0.15) is 0 Å². The summed E-state index contributed by atoms with van der Waals surface area (Å²) in [5.74, 6) is -3.83. The predicted octanol–water partition coefficient (Wildman–Crippen LogP) is 2.05. The number of benzene rings is 1. The molecular weight excluding hydrogens is 351 g/mol. The second-order valence-corrected chi connectivity index (χ2v) is 7.63. The lowest BCUT2D eigenvalue weighted by atomic mass is 9.89. The Bertz CT molecular complexity index is 770. The van der Waals surface area contributed by atoms with E-state index in [1.165, 1.54) is 0 Å². The summed E-state index contributed by atoms with van der Waals surface area (Å²) in [6.07, 6.45) is 1.19. The summed E-state index contributed by atoms with van der Waals surface area (Å²) in [6.45, 7) is -3.23. The molecule has 6 nitrogen and oxygen atoms in total. The molecule has 0 amide bonds. The zero-order chi connectivity index (χ0) is 17.6. The van der Waals surface area contributed by atoms with Crippen molar-refractivity contribution in [1.29, 1.82) is 0 Å². The largest absolute Gasteiger partial charge is 0.481 e. The Morgan fingerprint density at radius 2 is 2.04 bits per heavy atom. The third kappa shape index (κ3) is 2.73. The molecule has 2 bridgehead atoms. The third-order valence-electron chi connectivity index (χ3n) is 4.48. The Hall–Kier alpha value is -1.81. The lowest BCUT2D eigenvalue weighted by molar-refractivity contribution is -0.142. The van der Waals surface area contributed by atoms with Crippen molar-refractivity contribution < 1.29 is 36.2 Å². The average molecular weight is 365 g/mol. The first kappa shape index (κ1) is 17.0. The van der Waals surface area contributed by atoms with Crippen LogP contribution in [0.1, 0.15) is 19.3 Å². The molecular formula is C14H14F3NO5S. The van der Waals surface area contributed by atoms with E-state index >= 15 is 0 Å². The van der Waals surface area contributed by atoms with E-state index in [0.29, 0.717) is 18.9 Å². The first-order chi connectivity index (χ1) is 11.2. The quantitative estimate of drug-likeness (QED) is 0.863. The molecule has 3 atom stereocenters. The van der Waals surface area contributed by atoms with Crippen LogP contribution in [0, 0.1) is 11.7 Å². The van der Waals surface area contributed by atoms with Crippen LogP contribution in [0.15, 0.2) is 23.1 Å². The highest BCUT2D eigenvalue weighted by atomic mass is 32.2. The maximum atomic E-state index is 13.8. The van der Waals surface area contributed by atoms with Crippen LogP contribution in [0.3, 0.4) is 0 Å². The minimum Gasteiger partial charge on any atom is -0.481 e. The van der Waals surface area contributed by atoms with Gasteiger partial charge in [-0.3, -0.25) is 4.79 Å². The fraction of sp³-hybridized carbons (Fsp3) is 0.500. The summed E-state index contributed by atoms with van der Waals surface area (Å²) in [6, 6.07) is 1.30. The summed E-state index contributed by atoms with van der Waals surface area (Å²) in [4.78, 5) is 10.8. The number of nitrogens with zero attached hydrogens (tertiary/aromatic N) is 1. The topological polar surface area (TPSA) is 83.9 Å². The van der Waals surface area contributed by atoms with Gasteiger partial charge in [0.2, 0.25) is 10.0 Å². The Kier molecular flexibility index (Phi) is 4.20. The van der Waals surface area contributed by atoms with E-state index in [1.807, 2.05) is 0 Å². The van der Waals surface area contributed by atoms with Crippen LogP contribution in [0.25, 0.3) is 0 Å². The zero-order valence-electron chi connectivity index (χ0n) is 12.2. The summed E-state index contributed by atoms with van der Waals surface area (Å²) >= 11 is 0.